The highest BCUT2D eigenvalue weighted by Gasteiger charge is 2.16. The van der Waals surface area contributed by atoms with Gasteiger partial charge in [0.15, 0.2) is 0 Å². The molecule has 1 aromatic rings. The third kappa shape index (κ3) is 4.44. The van der Waals surface area contributed by atoms with Gasteiger partial charge in [0.25, 0.3) is 0 Å². The van der Waals surface area contributed by atoms with Crippen LogP contribution >= 0.6 is 15.9 Å². The van der Waals surface area contributed by atoms with Crippen LogP contribution in [0.25, 0.3) is 0 Å². The maximum Gasteiger partial charge on any atom is 0.0580 e. The first-order valence-corrected chi connectivity index (χ1v) is 7.46. The molecule has 0 bridgehead atoms. The Hall–Kier alpha value is -0.340. The third-order valence-corrected chi connectivity index (χ3v) is 4.24. The molecule has 2 rings (SSSR count). The fraction of sp³-hybridized carbons (Fsp3) is 0.600. The molecule has 1 N–H and O–H groups in total. The molecular weight excluding hydrogens is 276 g/mol. The van der Waals surface area contributed by atoms with Crippen molar-refractivity contribution in [2.24, 2.45) is 5.92 Å². The number of hydrogen-bond donors (Lipinski definition) is 1. The second-order valence-corrected chi connectivity index (χ2v) is 6.13. The van der Waals surface area contributed by atoms with E-state index in [4.69, 9.17) is 0 Å². The lowest BCUT2D eigenvalue weighted by atomic mass is 9.97. The molecule has 1 nitrogen and oxygen atoms in total. The molecule has 1 fully saturated rings. The van der Waals surface area contributed by atoms with Crippen molar-refractivity contribution in [2.45, 2.75) is 51.0 Å². The Morgan fingerprint density at radius 1 is 1.29 bits per heavy atom. The van der Waals surface area contributed by atoms with Gasteiger partial charge in [0, 0.05) is 4.47 Å². The van der Waals surface area contributed by atoms with E-state index in [0.717, 1.165) is 23.2 Å². The first-order valence-electron chi connectivity index (χ1n) is 6.66. The van der Waals surface area contributed by atoms with Crippen LogP contribution in [-0.4, -0.2) is 11.2 Å². The van der Waals surface area contributed by atoms with Crippen LogP contribution in [-0.2, 0) is 6.42 Å². The third-order valence-electron chi connectivity index (χ3n) is 3.74. The van der Waals surface area contributed by atoms with Crippen molar-refractivity contribution in [1.82, 2.24) is 0 Å². The highest BCUT2D eigenvalue weighted by molar-refractivity contribution is 9.10. The molecule has 1 aromatic carbocycles. The Morgan fingerprint density at radius 3 is 2.76 bits per heavy atom. The lowest BCUT2D eigenvalue weighted by Crippen LogP contribution is -2.12. The van der Waals surface area contributed by atoms with Crippen molar-refractivity contribution >= 4 is 15.9 Å². The quantitative estimate of drug-likeness (QED) is 0.858. The number of halogens is 1. The number of aliphatic hydroxyl groups is 1. The van der Waals surface area contributed by atoms with Crippen molar-refractivity contribution in [1.29, 1.82) is 0 Å². The lowest BCUT2D eigenvalue weighted by Gasteiger charge is -2.14. The minimum absolute atomic E-state index is 0.176. The van der Waals surface area contributed by atoms with Gasteiger partial charge in [-0.2, -0.15) is 0 Å². The molecule has 1 atom stereocenters. The molecule has 1 saturated carbocycles. The summed E-state index contributed by atoms with van der Waals surface area (Å²) in [5.74, 6) is 0.882. The minimum atomic E-state index is -0.176. The summed E-state index contributed by atoms with van der Waals surface area (Å²) >= 11 is 3.46. The fourth-order valence-corrected chi connectivity index (χ4v) is 3.21. The molecule has 1 aliphatic rings. The van der Waals surface area contributed by atoms with Crippen molar-refractivity contribution in [2.75, 3.05) is 0 Å². The predicted octanol–water partition coefficient (Wildman–Crippen LogP) is 4.32. The van der Waals surface area contributed by atoms with Gasteiger partial charge >= 0.3 is 0 Å². The number of hydrogen-bond acceptors (Lipinski definition) is 1. The summed E-state index contributed by atoms with van der Waals surface area (Å²) in [5.41, 5.74) is 1.22. The summed E-state index contributed by atoms with van der Waals surface area (Å²) in [7, 11) is 0. The standard InChI is InChI=1S/C15H21BrO/c16-14-7-3-6-13(10-14)11-15(17)9-8-12-4-1-2-5-12/h3,6-7,10,12,15,17H,1-2,4-5,8-9,11H2. The summed E-state index contributed by atoms with van der Waals surface area (Å²) in [5, 5.41) is 10.0. The van der Waals surface area contributed by atoms with Gasteiger partial charge in [0.1, 0.15) is 0 Å². The maximum atomic E-state index is 10.0. The van der Waals surface area contributed by atoms with Gasteiger partial charge in [-0.15, -0.1) is 0 Å². The van der Waals surface area contributed by atoms with E-state index in [2.05, 4.69) is 28.1 Å². The van der Waals surface area contributed by atoms with E-state index in [-0.39, 0.29) is 6.10 Å². The first kappa shape index (κ1) is 13.1. The molecule has 0 saturated heterocycles. The largest absolute Gasteiger partial charge is 0.393 e. The molecule has 0 radical (unpaired) electrons. The van der Waals surface area contributed by atoms with Crippen LogP contribution in [0.3, 0.4) is 0 Å². The van der Waals surface area contributed by atoms with Gasteiger partial charge < -0.3 is 5.11 Å². The maximum absolute atomic E-state index is 10.0. The molecule has 0 amide bonds. The number of rotatable bonds is 5. The zero-order chi connectivity index (χ0) is 12.1. The van der Waals surface area contributed by atoms with Crippen LogP contribution in [0.5, 0.6) is 0 Å². The SMILES string of the molecule is OC(CCC1CCCC1)Cc1cccc(Br)c1. The van der Waals surface area contributed by atoms with Gasteiger partial charge in [0.05, 0.1) is 6.10 Å². The Bertz CT molecular complexity index is 345. The summed E-state index contributed by atoms with van der Waals surface area (Å²) in [6.45, 7) is 0. The van der Waals surface area contributed by atoms with Crippen LogP contribution in [0.15, 0.2) is 28.7 Å². The van der Waals surface area contributed by atoms with Crippen LogP contribution in [0.2, 0.25) is 0 Å². The van der Waals surface area contributed by atoms with Crippen molar-refractivity contribution in [3.8, 4) is 0 Å². The second-order valence-electron chi connectivity index (χ2n) is 5.22. The average molecular weight is 297 g/mol. The summed E-state index contributed by atoms with van der Waals surface area (Å²) in [4.78, 5) is 0. The van der Waals surface area contributed by atoms with Crippen molar-refractivity contribution in [3.05, 3.63) is 34.3 Å². The van der Waals surface area contributed by atoms with Crippen LogP contribution in [0, 0.1) is 5.92 Å². The first-order chi connectivity index (χ1) is 8.24. The van der Waals surface area contributed by atoms with Gasteiger partial charge in [-0.25, -0.2) is 0 Å². The van der Waals surface area contributed by atoms with E-state index in [0.29, 0.717) is 0 Å². The predicted molar refractivity (Wildman–Crippen MR) is 75.0 cm³/mol. The van der Waals surface area contributed by atoms with Gasteiger partial charge in [0.2, 0.25) is 0 Å². The van der Waals surface area contributed by atoms with Gasteiger partial charge in [-0.1, -0.05) is 53.7 Å². The van der Waals surface area contributed by atoms with E-state index in [1.165, 1.54) is 37.7 Å². The van der Waals surface area contributed by atoms with Crippen LogP contribution in [0.1, 0.15) is 44.1 Å². The highest BCUT2D eigenvalue weighted by Crippen LogP contribution is 2.29. The van der Waals surface area contributed by atoms with E-state index in [9.17, 15) is 5.11 Å². The summed E-state index contributed by atoms with van der Waals surface area (Å²) < 4.78 is 1.10. The molecule has 0 heterocycles. The Labute approximate surface area is 112 Å². The molecule has 0 aliphatic heterocycles. The molecule has 0 spiro atoms. The molecule has 0 aromatic heterocycles. The molecule has 17 heavy (non-hydrogen) atoms. The lowest BCUT2D eigenvalue weighted by molar-refractivity contribution is 0.155. The minimum Gasteiger partial charge on any atom is -0.393 e. The topological polar surface area (TPSA) is 20.2 Å². The average Bonchev–Trinajstić information content (AvgIpc) is 2.79. The second kappa shape index (κ2) is 6.55. The zero-order valence-corrected chi connectivity index (χ0v) is 11.8. The van der Waals surface area contributed by atoms with Gasteiger partial charge in [-0.3, -0.25) is 0 Å². The summed E-state index contributed by atoms with van der Waals surface area (Å²) in [6.07, 6.45) is 8.31. The Balaban J connectivity index is 1.74. The Morgan fingerprint density at radius 2 is 2.06 bits per heavy atom. The molecule has 94 valence electrons. The van der Waals surface area contributed by atoms with Crippen LogP contribution in [0.4, 0.5) is 0 Å². The normalized spacial score (nSPS) is 18.5. The molecule has 1 unspecified atom stereocenters. The monoisotopic (exact) mass is 296 g/mol. The highest BCUT2D eigenvalue weighted by atomic mass is 79.9. The van der Waals surface area contributed by atoms with E-state index in [1.54, 1.807) is 0 Å². The molecular formula is C15H21BrO. The summed E-state index contributed by atoms with van der Waals surface area (Å²) in [6, 6.07) is 8.24. The van der Waals surface area contributed by atoms with Crippen LogP contribution < -0.4 is 0 Å². The van der Waals surface area contributed by atoms with Crippen molar-refractivity contribution < 1.29 is 5.11 Å². The van der Waals surface area contributed by atoms with Gasteiger partial charge in [-0.05, 0) is 42.9 Å². The molecule has 2 heteroatoms. The zero-order valence-electron chi connectivity index (χ0n) is 10.2. The number of benzene rings is 1. The number of aliphatic hydroxyl groups excluding tert-OH is 1. The fourth-order valence-electron chi connectivity index (χ4n) is 2.77. The van der Waals surface area contributed by atoms with E-state index < -0.39 is 0 Å². The Kier molecular flexibility index (Phi) is 5.05. The van der Waals surface area contributed by atoms with E-state index >= 15 is 0 Å². The van der Waals surface area contributed by atoms with Crippen molar-refractivity contribution in [3.63, 3.8) is 0 Å². The van der Waals surface area contributed by atoms with E-state index in [1.807, 2.05) is 12.1 Å². The molecule has 1 aliphatic carbocycles. The smallest absolute Gasteiger partial charge is 0.0580 e.